The van der Waals surface area contributed by atoms with E-state index in [1.54, 1.807) is 0 Å². The number of aliphatic hydroxyl groups is 11. The Labute approximate surface area is 243 Å². The molecule has 3 rings (SSSR count). The molecule has 0 aromatic heterocycles. The Hall–Kier alpha value is -1.70. The van der Waals surface area contributed by atoms with Crippen molar-refractivity contribution in [2.24, 2.45) is 0 Å². The highest BCUT2D eigenvalue weighted by Gasteiger charge is 2.60. The fraction of sp³-hybridized carbons (Fsp3) is 0.913. The number of hydrogen-bond acceptors (Lipinski definition) is 18. The lowest BCUT2D eigenvalue weighted by Crippen LogP contribution is -2.70. The number of ether oxygens (including phenoxy) is 5. The van der Waals surface area contributed by atoms with Crippen LogP contribution in [0.25, 0.3) is 0 Å². The van der Waals surface area contributed by atoms with Crippen LogP contribution in [0, 0.1) is 0 Å². The molecule has 0 aromatic carbocycles. The van der Waals surface area contributed by atoms with Crippen molar-refractivity contribution in [3.8, 4) is 0 Å². The van der Waals surface area contributed by atoms with E-state index in [2.05, 4.69) is 5.32 Å². The first-order chi connectivity index (χ1) is 20.1. The maximum absolute atomic E-state index is 12.5. The largest absolute Gasteiger partial charge is 0.477 e. The zero-order valence-electron chi connectivity index (χ0n) is 22.7. The van der Waals surface area contributed by atoms with Gasteiger partial charge in [-0.3, -0.25) is 4.79 Å². The summed E-state index contributed by atoms with van der Waals surface area (Å²) in [5.41, 5.74) is 0. The number of carbonyl (C=O) groups excluding carboxylic acids is 1. The van der Waals surface area contributed by atoms with Crippen molar-refractivity contribution < 1.29 is 94.6 Å². The molecule has 0 bridgehead atoms. The van der Waals surface area contributed by atoms with Crippen LogP contribution < -0.4 is 5.32 Å². The minimum Gasteiger partial charge on any atom is -0.477 e. The summed E-state index contributed by atoms with van der Waals surface area (Å²) in [4.78, 5) is 24.3. The molecule has 3 saturated heterocycles. The van der Waals surface area contributed by atoms with Gasteiger partial charge in [-0.2, -0.15) is 0 Å². The van der Waals surface area contributed by atoms with Crippen molar-refractivity contribution in [2.75, 3.05) is 19.8 Å². The van der Waals surface area contributed by atoms with Gasteiger partial charge >= 0.3 is 5.97 Å². The molecule has 1 amide bonds. The highest BCUT2D eigenvalue weighted by atomic mass is 16.8. The van der Waals surface area contributed by atoms with Crippen LogP contribution in [0.1, 0.15) is 13.3 Å². The zero-order chi connectivity index (χ0) is 32.4. The summed E-state index contributed by atoms with van der Waals surface area (Å²) in [5.74, 6) is -5.75. The van der Waals surface area contributed by atoms with Crippen molar-refractivity contribution in [1.82, 2.24) is 5.32 Å². The Balaban J connectivity index is 1.94. The van der Waals surface area contributed by atoms with Crippen LogP contribution in [0.4, 0.5) is 0 Å². The Bertz CT molecular complexity index is 944. The minimum absolute atomic E-state index is 0.751. The summed E-state index contributed by atoms with van der Waals surface area (Å²) in [6.45, 7) is -1.82. The summed E-state index contributed by atoms with van der Waals surface area (Å²) in [7, 11) is 0. The molecule has 3 fully saturated rings. The van der Waals surface area contributed by atoms with E-state index in [4.69, 9.17) is 23.7 Å². The Morgan fingerprint density at radius 3 is 2.02 bits per heavy atom. The Kier molecular flexibility index (Phi) is 12.1. The number of aliphatic hydroxyl groups excluding tert-OH is 11. The first kappa shape index (κ1) is 35.8. The van der Waals surface area contributed by atoms with Crippen LogP contribution in [0.3, 0.4) is 0 Å². The maximum atomic E-state index is 12.5. The summed E-state index contributed by atoms with van der Waals surface area (Å²) < 4.78 is 26.6. The highest BCUT2D eigenvalue weighted by Crippen LogP contribution is 2.38. The van der Waals surface area contributed by atoms with E-state index in [9.17, 15) is 70.9 Å². The standard InChI is InChI=1S/C23H39NO19/c1-6(28)24-11-7(29)2-23(22(37)38,42-17(11)12(31)8(30)3-25)43-19-14(33)10(5-27)40-21(16(19)35)41-18-13(32)9(4-26)39-20(36)15(18)34/h7-21,25-27,29-36H,2-5H2,1H3,(H,24,28)(H,37,38)/t7-,8+,9+,10+,11+,12-,13-,14-,15+,16+,17+,18-,19-,20+,21-,23-/m0/s1. The lowest BCUT2D eigenvalue weighted by Gasteiger charge is -2.50. The zero-order valence-corrected chi connectivity index (χ0v) is 22.7. The van der Waals surface area contributed by atoms with Crippen molar-refractivity contribution >= 4 is 11.9 Å². The van der Waals surface area contributed by atoms with E-state index < -0.39 is 136 Å². The second-order valence-corrected chi connectivity index (χ2v) is 10.5. The normalized spacial score (nSPS) is 45.3. The van der Waals surface area contributed by atoms with E-state index in [0.717, 1.165) is 6.92 Å². The van der Waals surface area contributed by atoms with Crippen LogP contribution in [0.15, 0.2) is 0 Å². The molecule has 0 aromatic rings. The molecule has 16 atom stereocenters. The molecule has 3 aliphatic heterocycles. The molecule has 0 spiro atoms. The third-order valence-electron chi connectivity index (χ3n) is 7.47. The number of aliphatic carboxylic acids is 1. The number of carboxylic acids is 1. The van der Waals surface area contributed by atoms with Crippen molar-refractivity contribution in [1.29, 1.82) is 0 Å². The second kappa shape index (κ2) is 14.6. The average molecular weight is 634 g/mol. The molecule has 250 valence electrons. The predicted octanol–water partition coefficient (Wildman–Crippen LogP) is -8.22. The van der Waals surface area contributed by atoms with Gasteiger partial charge in [0.1, 0.15) is 67.1 Å². The molecule has 0 radical (unpaired) electrons. The van der Waals surface area contributed by atoms with Gasteiger partial charge in [0.05, 0.1) is 32.0 Å². The minimum atomic E-state index is -3.03. The van der Waals surface area contributed by atoms with Crippen LogP contribution in [-0.4, -0.2) is 191 Å². The van der Waals surface area contributed by atoms with Crippen LogP contribution in [0.5, 0.6) is 0 Å². The highest BCUT2D eigenvalue weighted by molar-refractivity contribution is 5.76. The molecule has 20 nitrogen and oxygen atoms in total. The quantitative estimate of drug-likeness (QED) is 0.100. The molecular weight excluding hydrogens is 594 g/mol. The van der Waals surface area contributed by atoms with E-state index in [0.29, 0.717) is 0 Å². The van der Waals surface area contributed by atoms with Gasteiger partial charge in [0.2, 0.25) is 5.91 Å². The van der Waals surface area contributed by atoms with Gasteiger partial charge in [0.15, 0.2) is 12.6 Å². The van der Waals surface area contributed by atoms with Gasteiger partial charge in [-0.25, -0.2) is 4.79 Å². The number of amides is 1. The molecule has 20 heteroatoms. The monoisotopic (exact) mass is 633 g/mol. The summed E-state index contributed by atoms with van der Waals surface area (Å²) in [6.07, 6.45) is -28.0. The van der Waals surface area contributed by atoms with Crippen LogP contribution in [-0.2, 0) is 33.3 Å². The molecule has 0 unspecified atom stereocenters. The fourth-order valence-corrected chi connectivity index (χ4v) is 5.16. The number of hydrogen-bond donors (Lipinski definition) is 13. The molecule has 3 aliphatic rings. The topological polar surface area (TPSA) is 335 Å². The van der Waals surface area contributed by atoms with E-state index in [-0.39, 0.29) is 0 Å². The van der Waals surface area contributed by atoms with Gasteiger partial charge in [0, 0.05) is 13.3 Å². The van der Waals surface area contributed by atoms with Crippen LogP contribution >= 0.6 is 0 Å². The van der Waals surface area contributed by atoms with E-state index >= 15 is 0 Å². The molecule has 13 N–H and O–H groups in total. The number of carboxylic acid groups (broad SMARTS) is 1. The van der Waals surface area contributed by atoms with Gasteiger partial charge in [-0.15, -0.1) is 0 Å². The summed E-state index contributed by atoms with van der Waals surface area (Å²) in [5, 5.41) is 125. The number of nitrogens with one attached hydrogen (secondary N) is 1. The van der Waals surface area contributed by atoms with Gasteiger partial charge < -0.3 is 90.3 Å². The average Bonchev–Trinajstić information content (AvgIpc) is 2.96. The Morgan fingerprint density at radius 2 is 1.49 bits per heavy atom. The van der Waals surface area contributed by atoms with E-state index in [1.807, 2.05) is 0 Å². The van der Waals surface area contributed by atoms with Crippen molar-refractivity contribution in [3.05, 3.63) is 0 Å². The molecule has 0 saturated carbocycles. The fourth-order valence-electron chi connectivity index (χ4n) is 5.16. The first-order valence-electron chi connectivity index (χ1n) is 13.2. The molecule has 3 heterocycles. The third kappa shape index (κ3) is 7.41. The first-order valence-corrected chi connectivity index (χ1v) is 13.2. The predicted molar refractivity (Wildman–Crippen MR) is 130 cm³/mol. The summed E-state index contributed by atoms with van der Waals surface area (Å²) in [6, 6.07) is -1.54. The lowest BCUT2D eigenvalue weighted by atomic mass is 9.88. The SMILES string of the molecule is CC(=O)N[C@H]1[C@H]([C@@H](O)[C@H](O)CO)O[C@@](O[C@H]2[C@@H](O)[C@@H](CO)O[C@@H](O[C@@H]3[C@@H](O)[C@H](O)O[C@H](CO)[C@@H]3O)[C@@H]2O)(C(=O)O)C[C@@H]1O. The lowest BCUT2D eigenvalue weighted by molar-refractivity contribution is -0.385. The smallest absolute Gasteiger partial charge is 0.364 e. The van der Waals surface area contributed by atoms with Crippen LogP contribution in [0.2, 0.25) is 0 Å². The van der Waals surface area contributed by atoms with Gasteiger partial charge in [-0.05, 0) is 0 Å². The maximum Gasteiger partial charge on any atom is 0.364 e. The number of carbonyl (C=O) groups is 2. The molecular formula is C23H39NO19. The Morgan fingerprint density at radius 1 is 0.907 bits per heavy atom. The molecule has 43 heavy (non-hydrogen) atoms. The summed E-state index contributed by atoms with van der Waals surface area (Å²) >= 11 is 0. The number of rotatable bonds is 11. The van der Waals surface area contributed by atoms with E-state index in [1.165, 1.54) is 0 Å². The van der Waals surface area contributed by atoms with Gasteiger partial charge in [-0.1, -0.05) is 0 Å². The second-order valence-electron chi connectivity index (χ2n) is 10.5. The third-order valence-corrected chi connectivity index (χ3v) is 7.47. The van der Waals surface area contributed by atoms with Gasteiger partial charge in [0.25, 0.3) is 5.79 Å². The van der Waals surface area contributed by atoms with Crippen molar-refractivity contribution in [3.63, 3.8) is 0 Å². The van der Waals surface area contributed by atoms with Crippen molar-refractivity contribution in [2.45, 2.75) is 111 Å². The molecule has 0 aliphatic carbocycles.